The molecule has 5 nitrogen and oxygen atoms in total. The zero-order chi connectivity index (χ0) is 17.2. The Labute approximate surface area is 134 Å². The fourth-order valence-electron chi connectivity index (χ4n) is 2.21. The van der Waals surface area contributed by atoms with E-state index in [9.17, 15) is 19.1 Å². The van der Waals surface area contributed by atoms with Crippen LogP contribution in [0.4, 0.5) is 4.39 Å². The van der Waals surface area contributed by atoms with E-state index in [-0.39, 0.29) is 24.2 Å². The van der Waals surface area contributed by atoms with Crippen molar-refractivity contribution in [3.63, 3.8) is 0 Å². The van der Waals surface area contributed by atoms with Crippen LogP contribution < -0.4 is 4.74 Å². The van der Waals surface area contributed by atoms with Gasteiger partial charge in [0.15, 0.2) is 5.78 Å². The van der Waals surface area contributed by atoms with Gasteiger partial charge in [-0.3, -0.25) is 9.59 Å². The van der Waals surface area contributed by atoms with Gasteiger partial charge in [-0.15, -0.1) is 0 Å². The number of carbonyl (C=O) groups is 2. The third kappa shape index (κ3) is 4.07. The van der Waals surface area contributed by atoms with Crippen molar-refractivity contribution in [1.29, 1.82) is 0 Å². The van der Waals surface area contributed by atoms with Crippen molar-refractivity contribution in [2.75, 3.05) is 13.7 Å². The Morgan fingerprint density at radius 3 is 2.61 bits per heavy atom. The molecule has 0 spiro atoms. The molecule has 0 aromatic heterocycles. The van der Waals surface area contributed by atoms with Crippen LogP contribution in [0.5, 0.6) is 5.75 Å². The van der Waals surface area contributed by atoms with Crippen molar-refractivity contribution < 1.29 is 28.6 Å². The number of hydrogen-bond acceptors (Lipinski definition) is 5. The molecule has 1 unspecified atom stereocenters. The highest BCUT2D eigenvalue weighted by atomic mass is 19.1. The lowest BCUT2D eigenvalue weighted by Gasteiger charge is -2.15. The second-order valence-electron chi connectivity index (χ2n) is 6.11. The summed E-state index contributed by atoms with van der Waals surface area (Å²) in [6.45, 7) is 3.18. The minimum absolute atomic E-state index is 0.0728. The summed E-state index contributed by atoms with van der Waals surface area (Å²) in [5.74, 6) is -1.99. The van der Waals surface area contributed by atoms with Crippen molar-refractivity contribution >= 4 is 11.8 Å². The number of Topliss-reactive ketones (excluding diaryl/α,β-unsaturated/α-hetero) is 1. The maximum atomic E-state index is 14.4. The Hall–Kier alpha value is -1.95. The average molecular weight is 324 g/mol. The summed E-state index contributed by atoms with van der Waals surface area (Å²) in [4.78, 5) is 23.5. The maximum Gasteiger partial charge on any atom is 0.306 e. The smallest absolute Gasteiger partial charge is 0.306 e. The van der Waals surface area contributed by atoms with E-state index in [1.807, 2.05) is 0 Å². The number of aliphatic hydroxyl groups is 1. The van der Waals surface area contributed by atoms with Crippen LogP contribution in [-0.4, -0.2) is 36.2 Å². The molecule has 0 saturated heterocycles. The van der Waals surface area contributed by atoms with Gasteiger partial charge in [0.25, 0.3) is 0 Å². The number of benzene rings is 1. The lowest BCUT2D eigenvalue weighted by Crippen LogP contribution is -2.20. The zero-order valence-electron chi connectivity index (χ0n) is 13.5. The SMILES string of the molecule is COC(=O)CC(C)C(=O)c1ccc(OCC2(O)CC2)c(C)c1F. The molecule has 1 N–H and O–H groups in total. The zero-order valence-corrected chi connectivity index (χ0v) is 13.5. The first-order chi connectivity index (χ1) is 10.8. The summed E-state index contributed by atoms with van der Waals surface area (Å²) in [6, 6.07) is 2.87. The molecule has 126 valence electrons. The summed E-state index contributed by atoms with van der Waals surface area (Å²) in [7, 11) is 1.24. The minimum Gasteiger partial charge on any atom is -0.490 e. The van der Waals surface area contributed by atoms with Gasteiger partial charge in [0.2, 0.25) is 0 Å². The van der Waals surface area contributed by atoms with Crippen LogP contribution in [0, 0.1) is 18.7 Å². The van der Waals surface area contributed by atoms with Crippen molar-refractivity contribution in [2.45, 2.75) is 38.7 Å². The first-order valence-corrected chi connectivity index (χ1v) is 7.53. The molecular formula is C17H21FO5. The fourth-order valence-corrected chi connectivity index (χ4v) is 2.21. The van der Waals surface area contributed by atoms with Gasteiger partial charge >= 0.3 is 5.97 Å². The van der Waals surface area contributed by atoms with Crippen molar-refractivity contribution in [1.82, 2.24) is 0 Å². The topological polar surface area (TPSA) is 72.8 Å². The van der Waals surface area contributed by atoms with Crippen LogP contribution in [0.15, 0.2) is 12.1 Å². The highest BCUT2D eigenvalue weighted by molar-refractivity contribution is 5.99. The van der Waals surface area contributed by atoms with Gasteiger partial charge < -0.3 is 14.6 Å². The number of rotatable bonds is 7. The van der Waals surface area contributed by atoms with Crippen molar-refractivity contribution in [3.8, 4) is 5.75 Å². The van der Waals surface area contributed by atoms with E-state index in [0.29, 0.717) is 18.6 Å². The first-order valence-electron chi connectivity index (χ1n) is 7.53. The molecule has 0 aliphatic heterocycles. The normalized spacial score (nSPS) is 16.6. The number of ketones is 1. The Morgan fingerprint density at radius 1 is 1.39 bits per heavy atom. The van der Waals surface area contributed by atoms with Crippen molar-refractivity contribution in [3.05, 3.63) is 29.1 Å². The molecule has 0 radical (unpaired) electrons. The van der Waals surface area contributed by atoms with Gasteiger partial charge in [-0.1, -0.05) is 6.92 Å². The molecule has 0 bridgehead atoms. The third-order valence-electron chi connectivity index (χ3n) is 4.07. The van der Waals surface area contributed by atoms with E-state index in [4.69, 9.17) is 4.74 Å². The third-order valence-corrected chi connectivity index (χ3v) is 4.07. The second kappa shape index (κ2) is 6.66. The van der Waals surface area contributed by atoms with Gasteiger partial charge in [0.05, 0.1) is 24.7 Å². The first kappa shape index (κ1) is 17.4. The number of methoxy groups -OCH3 is 1. The standard InChI is InChI=1S/C17H21FO5/c1-10(8-14(19)22-3)16(20)12-4-5-13(11(2)15(12)18)23-9-17(21)6-7-17/h4-5,10,21H,6-9H2,1-3H3. The molecular weight excluding hydrogens is 303 g/mol. The molecule has 1 aromatic rings. The van der Waals surface area contributed by atoms with E-state index in [2.05, 4.69) is 4.74 Å². The fraction of sp³-hybridized carbons (Fsp3) is 0.529. The molecule has 1 aliphatic carbocycles. The molecule has 2 rings (SSSR count). The van der Waals surface area contributed by atoms with Gasteiger partial charge in [-0.05, 0) is 31.9 Å². The van der Waals surface area contributed by atoms with Crippen LogP contribution in [0.1, 0.15) is 42.1 Å². The second-order valence-corrected chi connectivity index (χ2v) is 6.11. The van der Waals surface area contributed by atoms with Crippen LogP contribution in [-0.2, 0) is 9.53 Å². The predicted molar refractivity (Wildman–Crippen MR) is 80.9 cm³/mol. The van der Waals surface area contributed by atoms with Crippen molar-refractivity contribution in [2.24, 2.45) is 5.92 Å². The summed E-state index contributed by atoms with van der Waals surface area (Å²) in [6.07, 6.45) is 1.26. The van der Waals surface area contributed by atoms with Gasteiger partial charge in [0, 0.05) is 11.5 Å². The van der Waals surface area contributed by atoms with Gasteiger partial charge in [-0.25, -0.2) is 4.39 Å². The average Bonchev–Trinajstić information content (AvgIpc) is 3.26. The number of halogens is 1. The number of carbonyl (C=O) groups excluding carboxylic acids is 2. The lowest BCUT2D eigenvalue weighted by molar-refractivity contribution is -0.141. The summed E-state index contributed by atoms with van der Waals surface area (Å²) >= 11 is 0. The predicted octanol–water partition coefficient (Wildman–Crippen LogP) is 2.42. The largest absolute Gasteiger partial charge is 0.490 e. The molecule has 1 aliphatic rings. The maximum absolute atomic E-state index is 14.4. The highest BCUT2D eigenvalue weighted by Gasteiger charge is 2.41. The minimum atomic E-state index is -0.799. The van der Waals surface area contributed by atoms with Gasteiger partial charge in [0.1, 0.15) is 18.2 Å². The van der Waals surface area contributed by atoms with Gasteiger partial charge in [-0.2, -0.15) is 0 Å². The Balaban J connectivity index is 2.12. The molecule has 6 heteroatoms. The Morgan fingerprint density at radius 2 is 2.04 bits per heavy atom. The van der Waals surface area contributed by atoms with E-state index >= 15 is 0 Å². The molecule has 0 heterocycles. The molecule has 0 amide bonds. The summed E-state index contributed by atoms with van der Waals surface area (Å²) in [5.41, 5.74) is -0.659. The molecule has 1 atom stereocenters. The number of ether oxygens (including phenoxy) is 2. The van der Waals surface area contributed by atoms with E-state index < -0.39 is 29.1 Å². The summed E-state index contributed by atoms with van der Waals surface area (Å²) < 4.78 is 24.4. The van der Waals surface area contributed by atoms with Crippen LogP contribution in [0.2, 0.25) is 0 Å². The molecule has 1 aromatic carbocycles. The van der Waals surface area contributed by atoms with Crippen LogP contribution >= 0.6 is 0 Å². The van der Waals surface area contributed by atoms with E-state index in [1.54, 1.807) is 6.92 Å². The highest BCUT2D eigenvalue weighted by Crippen LogP contribution is 2.36. The van der Waals surface area contributed by atoms with E-state index in [1.165, 1.54) is 26.2 Å². The van der Waals surface area contributed by atoms with Crippen LogP contribution in [0.3, 0.4) is 0 Å². The Bertz CT molecular complexity index is 622. The Kier molecular flexibility index (Phi) is 5.04. The monoisotopic (exact) mass is 324 g/mol. The van der Waals surface area contributed by atoms with Crippen LogP contribution in [0.25, 0.3) is 0 Å². The molecule has 1 fully saturated rings. The quantitative estimate of drug-likeness (QED) is 0.616. The molecule has 23 heavy (non-hydrogen) atoms. The van der Waals surface area contributed by atoms with E-state index in [0.717, 1.165) is 0 Å². The summed E-state index contributed by atoms with van der Waals surface area (Å²) in [5, 5.41) is 9.76. The molecule has 1 saturated carbocycles. The number of esters is 1. The lowest BCUT2D eigenvalue weighted by atomic mass is 9.94. The number of hydrogen-bond donors (Lipinski definition) is 1.